The van der Waals surface area contributed by atoms with Crippen molar-refractivity contribution in [3.63, 3.8) is 0 Å². The summed E-state index contributed by atoms with van der Waals surface area (Å²) in [7, 11) is 0. The lowest BCUT2D eigenvalue weighted by atomic mass is 9.89. The predicted octanol–water partition coefficient (Wildman–Crippen LogP) is 3.33. The quantitative estimate of drug-likeness (QED) is 0.487. The number of fused-ring (bicyclic) bond motifs is 1. The Labute approximate surface area is 127 Å². The van der Waals surface area contributed by atoms with Crippen LogP contribution in [0, 0.1) is 27.9 Å². The fourth-order valence-electron chi connectivity index (χ4n) is 2.18. The van der Waals surface area contributed by atoms with E-state index in [2.05, 4.69) is 16.0 Å². The zero-order valence-corrected chi connectivity index (χ0v) is 11.4. The number of cyclic esters (lactones) is 1. The third-order valence-electron chi connectivity index (χ3n) is 3.50. The first-order valence-electron chi connectivity index (χ1n) is 6.61. The monoisotopic (exact) mass is 326 g/mol. The molecule has 9 heteroatoms. The number of anilines is 1. The molecule has 120 valence electrons. The zero-order valence-electron chi connectivity index (χ0n) is 11.4. The van der Waals surface area contributed by atoms with Gasteiger partial charge >= 0.3 is 12.3 Å². The van der Waals surface area contributed by atoms with Gasteiger partial charge in [0.25, 0.3) is 11.3 Å². The number of alkyl halides is 3. The minimum Gasteiger partial charge on any atom is -0.415 e. The van der Waals surface area contributed by atoms with Gasteiger partial charge in [-0.2, -0.15) is 13.2 Å². The predicted molar refractivity (Wildman–Crippen MR) is 71.4 cm³/mol. The van der Waals surface area contributed by atoms with Gasteiger partial charge < -0.3 is 4.74 Å². The van der Waals surface area contributed by atoms with E-state index in [4.69, 9.17) is 0 Å². The zero-order chi connectivity index (χ0) is 16.8. The van der Waals surface area contributed by atoms with Crippen molar-refractivity contribution in [2.45, 2.75) is 24.6 Å². The number of ether oxygens (including phenoxy) is 1. The number of hydrogen-bond donors (Lipinski definition) is 1. The van der Waals surface area contributed by atoms with Crippen LogP contribution in [0.3, 0.4) is 0 Å². The Morgan fingerprint density at radius 2 is 2.09 bits per heavy atom. The molecule has 1 aromatic carbocycles. The van der Waals surface area contributed by atoms with E-state index >= 15 is 0 Å². The molecule has 0 saturated heterocycles. The van der Waals surface area contributed by atoms with Crippen LogP contribution in [0.4, 0.5) is 29.3 Å². The third-order valence-corrected chi connectivity index (χ3v) is 3.50. The second-order valence-electron chi connectivity index (χ2n) is 5.22. The number of carbonyl (C=O) groups excluding carboxylic acids is 1. The second-order valence-corrected chi connectivity index (χ2v) is 5.22. The molecule has 1 aliphatic heterocycles. The highest BCUT2D eigenvalue weighted by atomic mass is 19.4. The summed E-state index contributed by atoms with van der Waals surface area (Å²) in [5, 5.41) is 13.0. The topological polar surface area (TPSA) is 81.5 Å². The number of rotatable bonds is 1. The lowest BCUT2D eigenvalue weighted by molar-refractivity contribution is -0.385. The van der Waals surface area contributed by atoms with Gasteiger partial charge in [-0.15, -0.1) is 0 Å². The summed E-state index contributed by atoms with van der Waals surface area (Å²) in [4.78, 5) is 21.6. The summed E-state index contributed by atoms with van der Waals surface area (Å²) < 4.78 is 45.5. The molecule has 1 heterocycles. The maximum absolute atomic E-state index is 13.7. The fraction of sp³-hybridized carbons (Fsp3) is 0.357. The number of nitrogens with one attached hydrogen (secondary N) is 1. The molecule has 6 nitrogen and oxygen atoms in total. The molecule has 1 N–H and O–H groups in total. The summed E-state index contributed by atoms with van der Waals surface area (Å²) >= 11 is 0. The van der Waals surface area contributed by atoms with Crippen LogP contribution in [0.25, 0.3) is 0 Å². The fourth-order valence-corrected chi connectivity index (χ4v) is 2.18. The summed E-state index contributed by atoms with van der Waals surface area (Å²) in [6.45, 7) is 0. The van der Waals surface area contributed by atoms with Gasteiger partial charge in [0.2, 0.25) is 0 Å². The van der Waals surface area contributed by atoms with Gasteiger partial charge in [-0.1, -0.05) is 5.92 Å². The highest BCUT2D eigenvalue weighted by molar-refractivity contribution is 5.90. The molecular formula is C14H9F3N2O4. The lowest BCUT2D eigenvalue weighted by Gasteiger charge is -2.35. The van der Waals surface area contributed by atoms with Crippen molar-refractivity contribution in [2.75, 3.05) is 5.32 Å². The van der Waals surface area contributed by atoms with E-state index in [1.807, 2.05) is 5.92 Å². The Kier molecular flexibility index (Phi) is 3.21. The third kappa shape index (κ3) is 2.56. The van der Waals surface area contributed by atoms with Crippen molar-refractivity contribution < 1.29 is 27.6 Å². The number of halogens is 3. The molecule has 1 aliphatic carbocycles. The van der Waals surface area contributed by atoms with Gasteiger partial charge in [-0.05, 0) is 24.8 Å². The number of amides is 1. The Balaban J connectivity index is 2.23. The van der Waals surface area contributed by atoms with Gasteiger partial charge in [0.15, 0.2) is 0 Å². The van der Waals surface area contributed by atoms with Crippen molar-refractivity contribution in [1.29, 1.82) is 0 Å². The molecular weight excluding hydrogens is 317 g/mol. The maximum Gasteiger partial charge on any atom is 0.445 e. The van der Waals surface area contributed by atoms with E-state index in [0.717, 1.165) is 18.2 Å². The summed E-state index contributed by atoms with van der Waals surface area (Å²) in [6.07, 6.45) is -5.01. The number of nitro benzene ring substituents is 1. The molecule has 0 unspecified atom stereocenters. The Hall–Kier alpha value is -2.76. The maximum atomic E-state index is 13.7. The summed E-state index contributed by atoms with van der Waals surface area (Å²) in [5.74, 6) is 4.27. The second kappa shape index (κ2) is 4.87. The van der Waals surface area contributed by atoms with Crippen LogP contribution in [0.5, 0.6) is 0 Å². The van der Waals surface area contributed by atoms with Gasteiger partial charge in [-0.25, -0.2) is 4.79 Å². The Morgan fingerprint density at radius 1 is 1.39 bits per heavy atom. The number of benzene rings is 1. The molecule has 0 radical (unpaired) electrons. The minimum absolute atomic E-state index is 0.176. The number of carbonyl (C=O) groups is 1. The standard InChI is InChI=1S/C14H9F3N2O4/c15-14(16,17)13(6-5-8-1-2-8)10-7-9(19(21)22)3-4-11(10)18-12(20)23-13/h3-4,7-8H,1-2H2,(H,18,20)/t13-/m0/s1. The number of nitro groups is 1. The van der Waals surface area contributed by atoms with Crippen LogP contribution in [-0.2, 0) is 10.3 Å². The lowest BCUT2D eigenvalue weighted by Crippen LogP contribution is -2.49. The normalized spacial score (nSPS) is 23.0. The molecule has 3 rings (SSSR count). The van der Waals surface area contributed by atoms with E-state index in [9.17, 15) is 28.1 Å². The molecule has 0 spiro atoms. The van der Waals surface area contributed by atoms with Gasteiger partial charge in [0.1, 0.15) is 0 Å². The number of nitrogens with zero attached hydrogens (tertiary/aromatic N) is 1. The van der Waals surface area contributed by atoms with Gasteiger partial charge in [0, 0.05) is 23.6 Å². The molecule has 2 aliphatic rings. The van der Waals surface area contributed by atoms with Crippen molar-refractivity contribution >= 4 is 17.5 Å². The van der Waals surface area contributed by atoms with Crippen LogP contribution < -0.4 is 5.32 Å². The first-order valence-corrected chi connectivity index (χ1v) is 6.61. The average molecular weight is 326 g/mol. The largest absolute Gasteiger partial charge is 0.445 e. The highest BCUT2D eigenvalue weighted by Gasteiger charge is 2.62. The van der Waals surface area contributed by atoms with Gasteiger partial charge in [0.05, 0.1) is 10.6 Å². The molecule has 1 atom stereocenters. The Bertz CT molecular complexity index is 762. The average Bonchev–Trinajstić information content (AvgIpc) is 3.26. The van der Waals surface area contributed by atoms with Crippen LogP contribution in [0.2, 0.25) is 0 Å². The van der Waals surface area contributed by atoms with Crippen LogP contribution in [0.15, 0.2) is 18.2 Å². The van der Waals surface area contributed by atoms with Crippen molar-refractivity contribution in [2.24, 2.45) is 5.92 Å². The van der Waals surface area contributed by atoms with E-state index < -0.39 is 34.0 Å². The highest BCUT2D eigenvalue weighted by Crippen LogP contribution is 2.48. The molecule has 23 heavy (non-hydrogen) atoms. The van der Waals surface area contributed by atoms with Crippen molar-refractivity contribution in [1.82, 2.24) is 0 Å². The van der Waals surface area contributed by atoms with Crippen LogP contribution >= 0.6 is 0 Å². The minimum atomic E-state index is -5.05. The number of hydrogen-bond acceptors (Lipinski definition) is 4. The molecule has 1 saturated carbocycles. The first kappa shape index (κ1) is 15.1. The van der Waals surface area contributed by atoms with E-state index in [1.165, 1.54) is 0 Å². The Morgan fingerprint density at radius 3 is 2.65 bits per heavy atom. The van der Waals surface area contributed by atoms with Gasteiger partial charge in [-0.3, -0.25) is 15.4 Å². The van der Waals surface area contributed by atoms with E-state index in [0.29, 0.717) is 12.8 Å². The first-order chi connectivity index (χ1) is 10.7. The molecule has 1 aromatic rings. The van der Waals surface area contributed by atoms with Crippen LogP contribution in [0.1, 0.15) is 18.4 Å². The summed E-state index contributed by atoms with van der Waals surface area (Å²) in [5.41, 5.74) is -4.56. The van der Waals surface area contributed by atoms with E-state index in [1.54, 1.807) is 0 Å². The molecule has 1 amide bonds. The van der Waals surface area contributed by atoms with Crippen LogP contribution in [-0.4, -0.2) is 17.2 Å². The van der Waals surface area contributed by atoms with Crippen molar-refractivity contribution in [3.05, 3.63) is 33.9 Å². The van der Waals surface area contributed by atoms with E-state index in [-0.39, 0.29) is 11.6 Å². The molecule has 0 bridgehead atoms. The smallest absolute Gasteiger partial charge is 0.415 e. The molecule has 1 fully saturated rings. The number of non-ortho nitro benzene ring substituents is 1. The van der Waals surface area contributed by atoms with Crippen molar-refractivity contribution in [3.8, 4) is 11.8 Å². The SMILES string of the molecule is O=C1Nc2ccc([N+](=O)[O-])cc2[C@@](C#CC2CC2)(C(F)(F)F)O1. The molecule has 0 aromatic heterocycles. The summed E-state index contributed by atoms with van der Waals surface area (Å²) in [6, 6.07) is 2.76.